The predicted molar refractivity (Wildman–Crippen MR) is 84.1 cm³/mol. The summed E-state index contributed by atoms with van der Waals surface area (Å²) in [5.74, 6) is 0.0528. The lowest BCUT2D eigenvalue weighted by atomic mass is 9.97. The van der Waals surface area contributed by atoms with Crippen LogP contribution in [0.5, 0.6) is 5.75 Å². The second-order valence-electron chi connectivity index (χ2n) is 6.32. The molecular formula is C17H22N2O3. The number of amides is 2. The third-order valence-corrected chi connectivity index (χ3v) is 4.55. The molecule has 118 valence electrons. The molecule has 2 aliphatic rings. The van der Waals surface area contributed by atoms with Gasteiger partial charge in [0.25, 0.3) is 17.4 Å². The molecule has 0 spiro atoms. The number of nitrogens with zero attached hydrogens (tertiary/aromatic N) is 2. The fourth-order valence-corrected chi connectivity index (χ4v) is 3.20. The summed E-state index contributed by atoms with van der Waals surface area (Å²) in [6.45, 7) is 4.96. The number of fused-ring (bicyclic) bond motifs is 1. The molecule has 5 nitrogen and oxygen atoms in total. The summed E-state index contributed by atoms with van der Waals surface area (Å²) in [5.41, 5.74) is 0.302. The first-order valence-electron chi connectivity index (χ1n) is 7.81. The number of rotatable bonds is 1. The maximum absolute atomic E-state index is 12.9. The van der Waals surface area contributed by atoms with Crippen molar-refractivity contribution in [2.24, 2.45) is 0 Å². The van der Waals surface area contributed by atoms with Gasteiger partial charge in [0.1, 0.15) is 5.75 Å². The Morgan fingerprint density at radius 2 is 1.91 bits per heavy atom. The highest BCUT2D eigenvalue weighted by Gasteiger charge is 2.51. The van der Waals surface area contributed by atoms with Gasteiger partial charge in [-0.25, -0.2) is 0 Å². The Bertz CT molecular complexity index is 622. The molecule has 1 aromatic rings. The monoisotopic (exact) mass is 302 g/mol. The molecule has 0 bridgehead atoms. The van der Waals surface area contributed by atoms with Crippen molar-refractivity contribution in [1.82, 2.24) is 4.90 Å². The van der Waals surface area contributed by atoms with E-state index in [9.17, 15) is 9.59 Å². The van der Waals surface area contributed by atoms with Crippen LogP contribution < -0.4 is 9.64 Å². The van der Waals surface area contributed by atoms with Crippen LogP contribution in [-0.4, -0.2) is 42.5 Å². The second-order valence-corrected chi connectivity index (χ2v) is 6.32. The Morgan fingerprint density at radius 1 is 1.23 bits per heavy atom. The van der Waals surface area contributed by atoms with Gasteiger partial charge in [-0.1, -0.05) is 6.07 Å². The first kappa shape index (κ1) is 14.9. The minimum Gasteiger partial charge on any atom is -0.465 e. The Hall–Kier alpha value is -2.04. The van der Waals surface area contributed by atoms with Gasteiger partial charge < -0.3 is 14.5 Å². The number of anilines is 1. The molecule has 5 heteroatoms. The number of benzene rings is 1. The number of carbonyl (C=O) groups is 2. The van der Waals surface area contributed by atoms with Gasteiger partial charge in [-0.2, -0.15) is 0 Å². The van der Waals surface area contributed by atoms with Crippen molar-refractivity contribution in [2.45, 2.75) is 38.7 Å². The Morgan fingerprint density at radius 3 is 2.59 bits per heavy atom. The highest BCUT2D eigenvalue weighted by Crippen LogP contribution is 2.38. The lowest BCUT2D eigenvalue weighted by Gasteiger charge is -2.41. The number of likely N-dealkylation sites (N-methyl/N-ethyl adjacent to an activating group) is 1. The largest absolute Gasteiger partial charge is 0.465 e. The van der Waals surface area contributed by atoms with E-state index in [0.717, 1.165) is 24.8 Å². The van der Waals surface area contributed by atoms with Crippen LogP contribution in [0.3, 0.4) is 0 Å². The van der Waals surface area contributed by atoms with Crippen LogP contribution in [0, 0.1) is 6.92 Å². The summed E-state index contributed by atoms with van der Waals surface area (Å²) >= 11 is 0. The molecule has 1 fully saturated rings. The highest BCUT2D eigenvalue weighted by molar-refractivity contribution is 6.16. The molecule has 2 amide bonds. The molecule has 0 N–H and O–H groups in total. The number of ether oxygens (including phenoxy) is 1. The van der Waals surface area contributed by atoms with Crippen LogP contribution >= 0.6 is 0 Å². The smallest absolute Gasteiger partial charge is 0.280 e. The van der Waals surface area contributed by atoms with Crippen molar-refractivity contribution in [3.63, 3.8) is 0 Å². The molecule has 1 aromatic carbocycles. The highest BCUT2D eigenvalue weighted by atomic mass is 16.5. The number of aryl methyl sites for hydroxylation is 1. The number of hydrogen-bond acceptors (Lipinski definition) is 3. The van der Waals surface area contributed by atoms with Gasteiger partial charge in [0, 0.05) is 20.1 Å². The average molecular weight is 302 g/mol. The molecule has 1 saturated heterocycles. The summed E-state index contributed by atoms with van der Waals surface area (Å²) in [4.78, 5) is 28.9. The van der Waals surface area contributed by atoms with Crippen LogP contribution in [0.1, 0.15) is 31.7 Å². The summed E-state index contributed by atoms with van der Waals surface area (Å²) in [6.07, 6.45) is 3.11. The van der Waals surface area contributed by atoms with E-state index in [0.29, 0.717) is 24.5 Å². The number of likely N-dealkylation sites (tertiary alicyclic amines) is 1. The molecule has 2 aliphatic heterocycles. The SMILES string of the molecule is Cc1ccc2c(c1)N(C)C(=O)C(C)(C(=O)N1CCCCC1)O2. The minimum absolute atomic E-state index is 0.227. The zero-order valence-corrected chi connectivity index (χ0v) is 13.4. The molecular weight excluding hydrogens is 280 g/mol. The Labute approximate surface area is 130 Å². The van der Waals surface area contributed by atoms with E-state index < -0.39 is 5.60 Å². The topological polar surface area (TPSA) is 49.9 Å². The van der Waals surface area contributed by atoms with Gasteiger partial charge in [-0.05, 0) is 50.8 Å². The molecule has 0 aliphatic carbocycles. The van der Waals surface area contributed by atoms with E-state index in [1.165, 1.54) is 4.90 Å². The van der Waals surface area contributed by atoms with Crippen LogP contribution in [0.15, 0.2) is 18.2 Å². The van der Waals surface area contributed by atoms with E-state index in [1.807, 2.05) is 25.1 Å². The molecule has 0 aromatic heterocycles. The zero-order chi connectivity index (χ0) is 15.9. The maximum atomic E-state index is 12.9. The van der Waals surface area contributed by atoms with Crippen molar-refractivity contribution < 1.29 is 14.3 Å². The molecule has 1 atom stereocenters. The van der Waals surface area contributed by atoms with Crippen LogP contribution in [-0.2, 0) is 9.59 Å². The van der Waals surface area contributed by atoms with Crippen molar-refractivity contribution in [1.29, 1.82) is 0 Å². The first-order valence-corrected chi connectivity index (χ1v) is 7.81. The van der Waals surface area contributed by atoms with E-state index in [4.69, 9.17) is 4.74 Å². The summed E-state index contributed by atoms with van der Waals surface area (Å²) < 4.78 is 5.89. The number of hydrogen-bond donors (Lipinski definition) is 0. The van der Waals surface area contributed by atoms with E-state index >= 15 is 0 Å². The van der Waals surface area contributed by atoms with E-state index in [-0.39, 0.29) is 11.8 Å². The summed E-state index contributed by atoms with van der Waals surface area (Å²) in [5, 5.41) is 0. The second kappa shape index (κ2) is 5.30. The summed E-state index contributed by atoms with van der Waals surface area (Å²) in [6, 6.07) is 5.65. The van der Waals surface area contributed by atoms with Gasteiger partial charge in [0.15, 0.2) is 0 Å². The zero-order valence-electron chi connectivity index (χ0n) is 13.4. The maximum Gasteiger partial charge on any atom is 0.280 e. The normalized spacial score (nSPS) is 24.8. The van der Waals surface area contributed by atoms with Crippen molar-refractivity contribution in [3.8, 4) is 5.75 Å². The van der Waals surface area contributed by atoms with Crippen molar-refractivity contribution in [2.75, 3.05) is 25.0 Å². The third kappa shape index (κ3) is 2.25. The van der Waals surface area contributed by atoms with Crippen LogP contribution in [0.2, 0.25) is 0 Å². The third-order valence-electron chi connectivity index (χ3n) is 4.55. The van der Waals surface area contributed by atoms with Gasteiger partial charge in [-0.15, -0.1) is 0 Å². The van der Waals surface area contributed by atoms with Crippen molar-refractivity contribution >= 4 is 17.5 Å². The quantitative estimate of drug-likeness (QED) is 0.747. The van der Waals surface area contributed by atoms with Gasteiger partial charge in [-0.3, -0.25) is 9.59 Å². The molecule has 3 rings (SSSR count). The predicted octanol–water partition coefficient (Wildman–Crippen LogP) is 2.12. The van der Waals surface area contributed by atoms with Gasteiger partial charge in [0.05, 0.1) is 5.69 Å². The Kier molecular flexibility index (Phi) is 3.59. The lowest BCUT2D eigenvalue weighted by Crippen LogP contribution is -2.62. The standard InChI is InChI=1S/C17H22N2O3/c1-12-7-8-14-13(11-12)18(3)15(20)17(2,22-14)16(21)19-9-5-4-6-10-19/h7-8,11H,4-6,9-10H2,1-3H3. The van der Waals surface area contributed by atoms with Gasteiger partial charge in [0.2, 0.25) is 0 Å². The summed E-state index contributed by atoms with van der Waals surface area (Å²) in [7, 11) is 1.70. The minimum atomic E-state index is -1.46. The lowest BCUT2D eigenvalue weighted by molar-refractivity contribution is -0.156. The number of carbonyl (C=O) groups excluding carboxylic acids is 2. The molecule has 0 saturated carbocycles. The van der Waals surface area contributed by atoms with Crippen LogP contribution in [0.25, 0.3) is 0 Å². The van der Waals surface area contributed by atoms with Gasteiger partial charge >= 0.3 is 0 Å². The molecule has 22 heavy (non-hydrogen) atoms. The van der Waals surface area contributed by atoms with E-state index in [2.05, 4.69) is 0 Å². The van der Waals surface area contributed by atoms with Crippen LogP contribution in [0.4, 0.5) is 5.69 Å². The van der Waals surface area contributed by atoms with Crippen molar-refractivity contribution in [3.05, 3.63) is 23.8 Å². The fraction of sp³-hybridized carbons (Fsp3) is 0.529. The van der Waals surface area contributed by atoms with E-state index in [1.54, 1.807) is 18.9 Å². The molecule has 0 radical (unpaired) electrons. The average Bonchev–Trinajstić information content (AvgIpc) is 2.54. The molecule has 2 heterocycles. The number of piperidine rings is 1. The molecule has 1 unspecified atom stereocenters. The fourth-order valence-electron chi connectivity index (χ4n) is 3.20. The Balaban J connectivity index is 1.95. The first-order chi connectivity index (χ1) is 10.4.